The van der Waals surface area contributed by atoms with Crippen molar-refractivity contribution in [3.63, 3.8) is 0 Å². The minimum Gasteiger partial charge on any atom is -0.480 e. The number of hydrogen-bond acceptors (Lipinski definition) is 3. The van der Waals surface area contributed by atoms with Gasteiger partial charge in [-0.15, -0.1) is 12.3 Å². The Kier molecular flexibility index (Phi) is 4.99. The molecular weight excluding hydrogens is 228 g/mol. The highest BCUT2D eigenvalue weighted by atomic mass is 32.2. The maximum atomic E-state index is 11.7. The fourth-order valence-corrected chi connectivity index (χ4v) is 2.43. The van der Waals surface area contributed by atoms with Gasteiger partial charge in [-0.2, -0.15) is 11.8 Å². The van der Waals surface area contributed by atoms with Gasteiger partial charge in [-0.05, 0) is 0 Å². The summed E-state index contributed by atoms with van der Waals surface area (Å²) in [5.74, 6) is 2.66. The van der Waals surface area contributed by atoms with Crippen molar-refractivity contribution in [3.05, 3.63) is 0 Å². The monoisotopic (exact) mass is 242 g/mol. The van der Waals surface area contributed by atoms with E-state index in [-0.39, 0.29) is 6.03 Å². The normalized spacial score (nSPS) is 19.9. The Bertz CT molecular complexity index is 314. The second-order valence-corrected chi connectivity index (χ2v) is 4.46. The number of rotatable bonds is 3. The van der Waals surface area contributed by atoms with Gasteiger partial charge in [0.05, 0.1) is 0 Å². The van der Waals surface area contributed by atoms with Crippen LogP contribution in [0.3, 0.4) is 0 Å². The van der Waals surface area contributed by atoms with Gasteiger partial charge in [0.15, 0.2) is 0 Å². The van der Waals surface area contributed by atoms with Gasteiger partial charge in [0.1, 0.15) is 6.04 Å². The summed E-state index contributed by atoms with van der Waals surface area (Å²) in [6, 6.07) is -1.08. The zero-order chi connectivity index (χ0) is 12.0. The van der Waals surface area contributed by atoms with Crippen LogP contribution in [0.1, 0.15) is 6.42 Å². The summed E-state index contributed by atoms with van der Waals surface area (Å²) in [5, 5.41) is 11.6. The molecule has 0 radical (unpaired) electrons. The quantitative estimate of drug-likeness (QED) is 0.549. The van der Waals surface area contributed by atoms with E-state index in [9.17, 15) is 9.59 Å². The lowest BCUT2D eigenvalue weighted by Gasteiger charge is -2.32. The van der Waals surface area contributed by atoms with Gasteiger partial charge in [-0.3, -0.25) is 0 Å². The summed E-state index contributed by atoms with van der Waals surface area (Å²) in [6.07, 6.45) is 5.51. The van der Waals surface area contributed by atoms with Crippen LogP contribution in [0.4, 0.5) is 4.79 Å². The molecule has 1 fully saturated rings. The van der Waals surface area contributed by atoms with Crippen molar-refractivity contribution in [2.45, 2.75) is 12.5 Å². The molecule has 2 amide bonds. The Labute approximate surface area is 98.6 Å². The molecule has 1 heterocycles. The lowest BCUT2D eigenvalue weighted by atomic mass is 10.3. The molecular formula is C10H14N2O3S. The van der Waals surface area contributed by atoms with Gasteiger partial charge in [0.25, 0.3) is 0 Å². The molecule has 1 rings (SSSR count). The van der Waals surface area contributed by atoms with Crippen molar-refractivity contribution in [2.75, 3.05) is 24.6 Å². The Morgan fingerprint density at radius 1 is 1.62 bits per heavy atom. The summed E-state index contributed by atoms with van der Waals surface area (Å²) >= 11 is 1.55. The third-order valence-electron chi connectivity index (χ3n) is 2.22. The van der Waals surface area contributed by atoms with Crippen LogP contribution >= 0.6 is 11.8 Å². The lowest BCUT2D eigenvalue weighted by Crippen LogP contribution is -2.53. The lowest BCUT2D eigenvalue weighted by molar-refractivity contribution is -0.141. The maximum absolute atomic E-state index is 11.7. The number of carboxylic acid groups (broad SMARTS) is 1. The van der Waals surface area contributed by atoms with Crippen molar-refractivity contribution in [3.8, 4) is 12.3 Å². The second kappa shape index (κ2) is 6.28. The summed E-state index contributed by atoms with van der Waals surface area (Å²) < 4.78 is 0. The second-order valence-electron chi connectivity index (χ2n) is 3.31. The van der Waals surface area contributed by atoms with Crippen molar-refractivity contribution >= 4 is 23.8 Å². The number of amides is 2. The number of aliphatic carboxylic acids is 1. The average Bonchev–Trinajstić information content (AvgIpc) is 2.29. The van der Waals surface area contributed by atoms with Crippen LogP contribution < -0.4 is 5.32 Å². The minimum absolute atomic E-state index is 0.344. The summed E-state index contributed by atoms with van der Waals surface area (Å²) in [5.41, 5.74) is 0. The van der Waals surface area contributed by atoms with Gasteiger partial charge in [-0.25, -0.2) is 9.59 Å². The van der Waals surface area contributed by atoms with E-state index in [1.54, 1.807) is 11.8 Å². The van der Waals surface area contributed by atoms with E-state index < -0.39 is 12.0 Å². The molecule has 0 aromatic heterocycles. The minimum atomic E-state index is -0.959. The smallest absolute Gasteiger partial charge is 0.327 e. The van der Waals surface area contributed by atoms with Crippen LogP contribution in [0.25, 0.3) is 0 Å². The standard InChI is InChI=1S/C10H14N2O3S/c1-2-3-4-11-10(15)12-5-6-16-7-8(12)9(13)14/h1,8H,3-7H2,(H,11,15)(H,13,14). The molecule has 6 heteroatoms. The largest absolute Gasteiger partial charge is 0.480 e. The molecule has 1 aliphatic rings. The number of thioether (sulfide) groups is 1. The number of urea groups is 1. The van der Waals surface area contributed by atoms with E-state index in [2.05, 4.69) is 11.2 Å². The molecule has 0 spiro atoms. The molecule has 0 bridgehead atoms. The fraction of sp³-hybridized carbons (Fsp3) is 0.600. The van der Waals surface area contributed by atoms with Crippen LogP contribution in [0.2, 0.25) is 0 Å². The SMILES string of the molecule is C#CCCNC(=O)N1CCSCC1C(=O)O. The van der Waals surface area contributed by atoms with E-state index in [4.69, 9.17) is 11.5 Å². The first-order chi connectivity index (χ1) is 7.66. The van der Waals surface area contributed by atoms with Gasteiger partial charge >= 0.3 is 12.0 Å². The van der Waals surface area contributed by atoms with Crippen molar-refractivity contribution in [2.24, 2.45) is 0 Å². The molecule has 0 aliphatic carbocycles. The van der Waals surface area contributed by atoms with Gasteiger partial charge in [0, 0.05) is 31.0 Å². The third-order valence-corrected chi connectivity index (χ3v) is 3.24. The first kappa shape index (κ1) is 12.7. The van der Waals surface area contributed by atoms with Gasteiger partial charge in [-0.1, -0.05) is 0 Å². The number of carbonyl (C=O) groups is 2. The molecule has 5 nitrogen and oxygen atoms in total. The van der Waals surface area contributed by atoms with Crippen molar-refractivity contribution in [1.29, 1.82) is 0 Å². The molecule has 0 aromatic rings. The molecule has 0 aromatic carbocycles. The number of carboxylic acids is 1. The maximum Gasteiger partial charge on any atom is 0.327 e. The highest BCUT2D eigenvalue weighted by Crippen LogP contribution is 2.16. The fourth-order valence-electron chi connectivity index (χ4n) is 1.39. The summed E-state index contributed by atoms with van der Waals surface area (Å²) in [6.45, 7) is 0.842. The molecule has 2 N–H and O–H groups in total. The van der Waals surface area contributed by atoms with Crippen LogP contribution in [-0.4, -0.2) is 52.6 Å². The Balaban J connectivity index is 2.51. The summed E-state index contributed by atoms with van der Waals surface area (Å²) in [7, 11) is 0. The van der Waals surface area contributed by atoms with Crippen LogP contribution in [0.15, 0.2) is 0 Å². The number of nitrogens with one attached hydrogen (secondary N) is 1. The zero-order valence-corrected chi connectivity index (χ0v) is 9.63. The van der Waals surface area contributed by atoms with E-state index >= 15 is 0 Å². The van der Waals surface area contributed by atoms with Crippen molar-refractivity contribution < 1.29 is 14.7 Å². The molecule has 1 atom stereocenters. The van der Waals surface area contributed by atoms with Gasteiger partial charge in [0.2, 0.25) is 0 Å². The molecule has 16 heavy (non-hydrogen) atoms. The number of carbonyl (C=O) groups excluding carboxylic acids is 1. The number of terminal acetylenes is 1. The first-order valence-corrected chi connectivity index (χ1v) is 6.10. The van der Waals surface area contributed by atoms with Gasteiger partial charge < -0.3 is 15.3 Å². The highest BCUT2D eigenvalue weighted by Gasteiger charge is 2.31. The zero-order valence-electron chi connectivity index (χ0n) is 8.81. The molecule has 1 aliphatic heterocycles. The first-order valence-electron chi connectivity index (χ1n) is 4.95. The molecule has 1 unspecified atom stereocenters. The third kappa shape index (κ3) is 3.35. The van der Waals surface area contributed by atoms with Crippen LogP contribution in [0, 0.1) is 12.3 Å². The number of hydrogen-bond donors (Lipinski definition) is 2. The Morgan fingerprint density at radius 3 is 3.00 bits per heavy atom. The van der Waals surface area contributed by atoms with Crippen LogP contribution in [0.5, 0.6) is 0 Å². The summed E-state index contributed by atoms with van der Waals surface area (Å²) in [4.78, 5) is 23.9. The van der Waals surface area contributed by atoms with E-state index in [1.807, 2.05) is 0 Å². The average molecular weight is 242 g/mol. The molecule has 0 saturated carbocycles. The molecule has 1 saturated heterocycles. The number of nitrogens with zero attached hydrogens (tertiary/aromatic N) is 1. The van der Waals surface area contributed by atoms with E-state index in [0.717, 1.165) is 5.75 Å². The predicted molar refractivity (Wildman–Crippen MR) is 62.3 cm³/mol. The Hall–Kier alpha value is -1.35. The Morgan fingerprint density at radius 2 is 2.38 bits per heavy atom. The highest BCUT2D eigenvalue weighted by molar-refractivity contribution is 7.99. The van der Waals surface area contributed by atoms with Crippen LogP contribution in [-0.2, 0) is 4.79 Å². The van der Waals surface area contributed by atoms with E-state index in [0.29, 0.717) is 25.3 Å². The van der Waals surface area contributed by atoms with E-state index in [1.165, 1.54) is 4.90 Å². The topological polar surface area (TPSA) is 69.6 Å². The predicted octanol–water partition coefficient (Wildman–Crippen LogP) is 0.221. The molecule has 88 valence electrons. The van der Waals surface area contributed by atoms with Crippen molar-refractivity contribution in [1.82, 2.24) is 10.2 Å².